The third-order valence-corrected chi connectivity index (χ3v) is 5.34. The highest BCUT2D eigenvalue weighted by Crippen LogP contribution is 2.36. The molecule has 0 atom stereocenters. The molecule has 1 N–H and O–H groups in total. The van der Waals surface area contributed by atoms with Gasteiger partial charge < -0.3 is 5.32 Å². The summed E-state index contributed by atoms with van der Waals surface area (Å²) in [7, 11) is 0. The second kappa shape index (κ2) is 8.01. The minimum Gasteiger partial charge on any atom is -0.312 e. The van der Waals surface area contributed by atoms with Gasteiger partial charge in [0.15, 0.2) is 0 Å². The molecule has 0 unspecified atom stereocenters. The molecular weight excluding hydrogens is 252 g/mol. The van der Waals surface area contributed by atoms with Gasteiger partial charge in [-0.3, -0.25) is 0 Å². The molecule has 1 aliphatic rings. The van der Waals surface area contributed by atoms with Crippen LogP contribution in [0.1, 0.15) is 80.3 Å². The lowest BCUT2D eigenvalue weighted by molar-refractivity contribution is 0.442. The summed E-state index contributed by atoms with van der Waals surface area (Å²) in [4.78, 5) is 6.42. The highest BCUT2D eigenvalue weighted by atomic mass is 32.1. The first-order valence-corrected chi connectivity index (χ1v) is 8.86. The Labute approximate surface area is 122 Å². The number of aromatic nitrogens is 1. The largest absolute Gasteiger partial charge is 0.312 e. The number of aryl methyl sites for hydroxylation is 1. The van der Waals surface area contributed by atoms with E-state index < -0.39 is 0 Å². The first kappa shape index (κ1) is 15.0. The lowest BCUT2D eigenvalue weighted by Crippen LogP contribution is -2.14. The van der Waals surface area contributed by atoms with Crippen molar-refractivity contribution in [3.63, 3.8) is 0 Å². The Kier molecular flexibility index (Phi) is 6.32. The minimum atomic E-state index is 0.758. The summed E-state index contributed by atoms with van der Waals surface area (Å²) in [5.74, 6) is 0.758. The zero-order valence-corrected chi connectivity index (χ0v) is 13.3. The summed E-state index contributed by atoms with van der Waals surface area (Å²) in [5, 5.41) is 4.98. The van der Waals surface area contributed by atoms with Crippen molar-refractivity contribution in [2.24, 2.45) is 0 Å². The van der Waals surface area contributed by atoms with Gasteiger partial charge in [-0.15, -0.1) is 11.3 Å². The van der Waals surface area contributed by atoms with Crippen molar-refractivity contribution in [1.29, 1.82) is 0 Å². The van der Waals surface area contributed by atoms with E-state index in [2.05, 4.69) is 19.2 Å². The topological polar surface area (TPSA) is 24.9 Å². The van der Waals surface area contributed by atoms with E-state index in [4.69, 9.17) is 4.98 Å². The molecule has 0 saturated heterocycles. The van der Waals surface area contributed by atoms with Crippen LogP contribution < -0.4 is 5.32 Å². The number of hydrogen-bond donors (Lipinski definition) is 1. The number of thiazole rings is 1. The average Bonchev–Trinajstić information content (AvgIpc) is 2.88. The molecule has 2 nitrogen and oxygen atoms in total. The van der Waals surface area contributed by atoms with Crippen molar-refractivity contribution in [3.05, 3.63) is 15.6 Å². The van der Waals surface area contributed by atoms with Crippen molar-refractivity contribution in [3.8, 4) is 0 Å². The van der Waals surface area contributed by atoms with E-state index in [1.165, 1.54) is 60.5 Å². The van der Waals surface area contributed by atoms with Crippen LogP contribution in [0.15, 0.2) is 0 Å². The van der Waals surface area contributed by atoms with Crippen LogP contribution in [0.2, 0.25) is 0 Å². The summed E-state index contributed by atoms with van der Waals surface area (Å²) in [6.07, 6.45) is 10.6. The van der Waals surface area contributed by atoms with Crippen molar-refractivity contribution in [2.75, 3.05) is 6.54 Å². The molecule has 1 fully saturated rings. The Morgan fingerprint density at radius 2 is 2.00 bits per heavy atom. The van der Waals surface area contributed by atoms with Gasteiger partial charge in [-0.25, -0.2) is 4.98 Å². The van der Waals surface area contributed by atoms with Gasteiger partial charge in [0.2, 0.25) is 0 Å². The maximum Gasteiger partial charge on any atom is 0.0962 e. The van der Waals surface area contributed by atoms with Crippen LogP contribution >= 0.6 is 11.3 Å². The van der Waals surface area contributed by atoms with Crippen molar-refractivity contribution in [1.82, 2.24) is 10.3 Å². The third-order valence-electron chi connectivity index (χ3n) is 4.08. The molecule has 0 aromatic carbocycles. The number of hydrogen-bond acceptors (Lipinski definition) is 3. The molecule has 2 rings (SSSR count). The number of nitrogens with one attached hydrogen (secondary N) is 1. The lowest BCUT2D eigenvalue weighted by Gasteiger charge is -2.18. The molecule has 108 valence electrons. The van der Waals surface area contributed by atoms with Gasteiger partial charge in [0, 0.05) is 17.3 Å². The van der Waals surface area contributed by atoms with Gasteiger partial charge in [0.1, 0.15) is 0 Å². The number of nitrogens with zero attached hydrogens (tertiary/aromatic N) is 1. The normalized spacial score (nSPS) is 16.9. The van der Waals surface area contributed by atoms with E-state index in [0.29, 0.717) is 0 Å². The van der Waals surface area contributed by atoms with E-state index >= 15 is 0 Å². The van der Waals surface area contributed by atoms with Gasteiger partial charge in [0.05, 0.1) is 10.7 Å². The quantitative estimate of drug-likeness (QED) is 0.736. The monoisotopic (exact) mass is 280 g/mol. The fourth-order valence-electron chi connectivity index (χ4n) is 2.85. The van der Waals surface area contributed by atoms with Gasteiger partial charge in [0.25, 0.3) is 0 Å². The van der Waals surface area contributed by atoms with E-state index in [-0.39, 0.29) is 0 Å². The second-order valence-electron chi connectivity index (χ2n) is 5.64. The Hall–Kier alpha value is -0.410. The summed E-state index contributed by atoms with van der Waals surface area (Å²) in [6, 6.07) is 0. The van der Waals surface area contributed by atoms with Crippen molar-refractivity contribution >= 4 is 11.3 Å². The van der Waals surface area contributed by atoms with Crippen molar-refractivity contribution < 1.29 is 0 Å². The van der Waals surface area contributed by atoms with Gasteiger partial charge in [-0.05, 0) is 32.2 Å². The molecule has 1 aromatic rings. The van der Waals surface area contributed by atoms with Crippen molar-refractivity contribution in [2.45, 2.75) is 77.7 Å². The molecular formula is C16H28N2S. The molecule has 0 spiro atoms. The molecule has 1 aromatic heterocycles. The molecule has 1 aliphatic carbocycles. The van der Waals surface area contributed by atoms with Gasteiger partial charge in [-0.1, -0.05) is 39.5 Å². The lowest BCUT2D eigenvalue weighted by atomic mass is 9.90. The second-order valence-corrected chi connectivity index (χ2v) is 6.76. The number of rotatable bonds is 7. The van der Waals surface area contributed by atoms with Crippen LogP contribution in [-0.4, -0.2) is 11.5 Å². The van der Waals surface area contributed by atoms with Crippen LogP contribution in [0.4, 0.5) is 0 Å². The van der Waals surface area contributed by atoms with Crippen LogP contribution in [-0.2, 0) is 13.0 Å². The predicted molar refractivity (Wildman–Crippen MR) is 83.9 cm³/mol. The average molecular weight is 280 g/mol. The van der Waals surface area contributed by atoms with Crippen LogP contribution in [0, 0.1) is 0 Å². The van der Waals surface area contributed by atoms with Crippen LogP contribution in [0.5, 0.6) is 0 Å². The standard InChI is InChI=1S/C16H28N2S/c1-3-5-11-17-12-15-14(4-2)18-16(19-15)13-9-7-6-8-10-13/h13,17H,3-12H2,1-2H3. The molecule has 1 heterocycles. The fourth-order valence-corrected chi connectivity index (χ4v) is 4.14. The molecule has 0 bridgehead atoms. The molecule has 0 radical (unpaired) electrons. The van der Waals surface area contributed by atoms with E-state index in [1.54, 1.807) is 0 Å². The first-order chi connectivity index (χ1) is 9.35. The van der Waals surface area contributed by atoms with E-state index in [9.17, 15) is 0 Å². The maximum atomic E-state index is 4.93. The summed E-state index contributed by atoms with van der Waals surface area (Å²) < 4.78 is 0. The van der Waals surface area contributed by atoms with E-state index in [1.807, 2.05) is 11.3 Å². The highest BCUT2D eigenvalue weighted by molar-refractivity contribution is 7.11. The third kappa shape index (κ3) is 4.28. The molecule has 19 heavy (non-hydrogen) atoms. The predicted octanol–water partition coefficient (Wildman–Crippen LogP) is 4.64. The van der Waals surface area contributed by atoms with Crippen LogP contribution in [0.25, 0.3) is 0 Å². The Morgan fingerprint density at radius 3 is 2.68 bits per heavy atom. The Morgan fingerprint density at radius 1 is 1.21 bits per heavy atom. The van der Waals surface area contributed by atoms with E-state index in [0.717, 1.165) is 25.4 Å². The molecule has 0 aliphatic heterocycles. The fraction of sp³-hybridized carbons (Fsp3) is 0.812. The number of unbranched alkanes of at least 4 members (excludes halogenated alkanes) is 1. The van der Waals surface area contributed by atoms with Gasteiger partial charge in [-0.2, -0.15) is 0 Å². The smallest absolute Gasteiger partial charge is 0.0962 e. The summed E-state index contributed by atoms with van der Waals surface area (Å²) >= 11 is 1.98. The van der Waals surface area contributed by atoms with Crippen LogP contribution in [0.3, 0.4) is 0 Å². The molecule has 3 heteroatoms. The summed E-state index contributed by atoms with van der Waals surface area (Å²) in [5.41, 5.74) is 1.34. The zero-order chi connectivity index (χ0) is 13.5. The summed E-state index contributed by atoms with van der Waals surface area (Å²) in [6.45, 7) is 6.63. The maximum absolute atomic E-state index is 4.93. The minimum absolute atomic E-state index is 0.758. The first-order valence-electron chi connectivity index (χ1n) is 8.04. The molecule has 0 amide bonds. The Balaban J connectivity index is 1.95. The SMILES string of the molecule is CCCCNCc1sc(C2CCCCC2)nc1CC. The highest BCUT2D eigenvalue weighted by Gasteiger charge is 2.20. The molecule has 1 saturated carbocycles. The van der Waals surface area contributed by atoms with Gasteiger partial charge >= 0.3 is 0 Å². The zero-order valence-electron chi connectivity index (χ0n) is 12.5. The Bertz CT molecular complexity index is 367.